The van der Waals surface area contributed by atoms with Gasteiger partial charge in [-0.3, -0.25) is 4.79 Å². The second kappa shape index (κ2) is 8.05. The summed E-state index contributed by atoms with van der Waals surface area (Å²) in [5.74, 6) is -0.465. The average Bonchev–Trinajstić information content (AvgIpc) is 2.40. The highest BCUT2D eigenvalue weighted by molar-refractivity contribution is 5.80. The molecule has 1 heterocycles. The standard InChI is InChI=1S/C12H18N4O4/c1-9-13-4-3-10(15-9)7-14-12(19)16(5-6-20-2)8-11(17)18/h3-4H,5-8H2,1-2H3,(H,14,19)(H,17,18). The van der Waals surface area contributed by atoms with Crippen LogP contribution in [0, 0.1) is 6.92 Å². The summed E-state index contributed by atoms with van der Waals surface area (Å²) in [5.41, 5.74) is 0.660. The van der Waals surface area contributed by atoms with E-state index < -0.39 is 12.0 Å². The Morgan fingerprint density at radius 3 is 2.85 bits per heavy atom. The first-order valence-corrected chi connectivity index (χ1v) is 6.05. The molecular weight excluding hydrogens is 264 g/mol. The number of methoxy groups -OCH3 is 1. The van der Waals surface area contributed by atoms with Gasteiger partial charge in [-0.05, 0) is 13.0 Å². The molecule has 2 amide bonds. The van der Waals surface area contributed by atoms with Gasteiger partial charge < -0.3 is 20.1 Å². The number of ether oxygens (including phenoxy) is 1. The van der Waals surface area contributed by atoms with Crippen molar-refractivity contribution < 1.29 is 19.4 Å². The highest BCUT2D eigenvalue weighted by Gasteiger charge is 2.16. The Bertz CT molecular complexity index is 467. The molecule has 8 heteroatoms. The van der Waals surface area contributed by atoms with Gasteiger partial charge in [0.05, 0.1) is 18.8 Å². The van der Waals surface area contributed by atoms with Gasteiger partial charge in [0.25, 0.3) is 0 Å². The Morgan fingerprint density at radius 1 is 1.50 bits per heavy atom. The van der Waals surface area contributed by atoms with Crippen LogP contribution in [0.5, 0.6) is 0 Å². The van der Waals surface area contributed by atoms with E-state index in [1.807, 2.05) is 0 Å². The molecule has 0 aromatic carbocycles. The molecule has 1 aromatic heterocycles. The molecule has 2 N–H and O–H groups in total. The SMILES string of the molecule is COCCN(CC(=O)O)C(=O)NCc1ccnc(C)n1. The lowest BCUT2D eigenvalue weighted by molar-refractivity contribution is -0.137. The van der Waals surface area contributed by atoms with E-state index in [1.54, 1.807) is 19.2 Å². The Hall–Kier alpha value is -2.22. The van der Waals surface area contributed by atoms with Crippen LogP contribution in [0.25, 0.3) is 0 Å². The van der Waals surface area contributed by atoms with Crippen molar-refractivity contribution in [1.82, 2.24) is 20.2 Å². The number of carboxylic acids is 1. The van der Waals surface area contributed by atoms with Crippen LogP contribution < -0.4 is 5.32 Å². The minimum absolute atomic E-state index is 0.206. The van der Waals surface area contributed by atoms with Crippen molar-refractivity contribution in [2.45, 2.75) is 13.5 Å². The van der Waals surface area contributed by atoms with Crippen molar-refractivity contribution in [3.05, 3.63) is 23.8 Å². The number of amides is 2. The van der Waals surface area contributed by atoms with Crippen molar-refractivity contribution in [2.24, 2.45) is 0 Å². The van der Waals surface area contributed by atoms with Crippen LogP contribution >= 0.6 is 0 Å². The number of carbonyl (C=O) groups excluding carboxylic acids is 1. The van der Waals surface area contributed by atoms with Gasteiger partial charge in [-0.1, -0.05) is 0 Å². The van der Waals surface area contributed by atoms with Crippen LogP contribution in [-0.4, -0.2) is 58.8 Å². The summed E-state index contributed by atoms with van der Waals surface area (Å²) in [4.78, 5) is 31.9. The molecule has 0 unspecified atom stereocenters. The number of nitrogens with zero attached hydrogens (tertiary/aromatic N) is 3. The largest absolute Gasteiger partial charge is 0.480 e. The van der Waals surface area contributed by atoms with E-state index in [0.717, 1.165) is 0 Å². The number of nitrogens with one attached hydrogen (secondary N) is 1. The zero-order chi connectivity index (χ0) is 15.0. The topological polar surface area (TPSA) is 105 Å². The summed E-state index contributed by atoms with van der Waals surface area (Å²) in [6.07, 6.45) is 1.60. The fourth-order valence-corrected chi connectivity index (χ4v) is 1.50. The van der Waals surface area contributed by atoms with Gasteiger partial charge in [0.1, 0.15) is 12.4 Å². The highest BCUT2D eigenvalue weighted by atomic mass is 16.5. The van der Waals surface area contributed by atoms with E-state index in [1.165, 1.54) is 12.0 Å². The number of hydrogen-bond donors (Lipinski definition) is 2. The first kappa shape index (κ1) is 15.8. The second-order valence-electron chi connectivity index (χ2n) is 4.06. The van der Waals surface area contributed by atoms with Crippen LogP contribution in [0.1, 0.15) is 11.5 Å². The number of aliphatic carboxylic acids is 1. The van der Waals surface area contributed by atoms with Crippen molar-refractivity contribution >= 4 is 12.0 Å². The molecule has 1 aromatic rings. The average molecular weight is 282 g/mol. The molecule has 0 saturated carbocycles. The molecule has 0 aliphatic heterocycles. The number of aryl methyl sites for hydroxylation is 1. The van der Waals surface area contributed by atoms with Crippen LogP contribution in [0.3, 0.4) is 0 Å². The number of hydrogen-bond acceptors (Lipinski definition) is 5. The lowest BCUT2D eigenvalue weighted by Gasteiger charge is -2.20. The fraction of sp³-hybridized carbons (Fsp3) is 0.500. The van der Waals surface area contributed by atoms with Crippen LogP contribution in [0.2, 0.25) is 0 Å². The summed E-state index contributed by atoms with van der Waals surface area (Å²) in [6.45, 7) is 2.06. The number of aromatic nitrogens is 2. The predicted octanol–water partition coefficient (Wildman–Crippen LogP) is 0.0276. The third-order valence-corrected chi connectivity index (χ3v) is 2.43. The van der Waals surface area contributed by atoms with E-state index >= 15 is 0 Å². The number of carboxylic acid groups (broad SMARTS) is 1. The molecule has 20 heavy (non-hydrogen) atoms. The minimum Gasteiger partial charge on any atom is -0.480 e. The number of urea groups is 1. The van der Waals surface area contributed by atoms with Gasteiger partial charge in [-0.25, -0.2) is 14.8 Å². The molecule has 0 spiro atoms. The minimum atomic E-state index is -1.07. The molecular formula is C12H18N4O4. The Balaban J connectivity index is 2.54. The van der Waals surface area contributed by atoms with Crippen molar-refractivity contribution in [3.8, 4) is 0 Å². The fourth-order valence-electron chi connectivity index (χ4n) is 1.50. The molecule has 110 valence electrons. The van der Waals surface area contributed by atoms with Crippen molar-refractivity contribution in [3.63, 3.8) is 0 Å². The first-order valence-electron chi connectivity index (χ1n) is 6.05. The van der Waals surface area contributed by atoms with Gasteiger partial charge in [0.2, 0.25) is 0 Å². The molecule has 0 bridgehead atoms. The van der Waals surface area contributed by atoms with E-state index in [0.29, 0.717) is 11.5 Å². The molecule has 0 atom stereocenters. The lowest BCUT2D eigenvalue weighted by atomic mass is 10.4. The van der Waals surface area contributed by atoms with E-state index in [9.17, 15) is 9.59 Å². The van der Waals surface area contributed by atoms with Gasteiger partial charge in [0.15, 0.2) is 0 Å². The lowest BCUT2D eigenvalue weighted by Crippen LogP contribution is -2.44. The zero-order valence-corrected chi connectivity index (χ0v) is 11.5. The van der Waals surface area contributed by atoms with Gasteiger partial charge >= 0.3 is 12.0 Å². The second-order valence-corrected chi connectivity index (χ2v) is 4.06. The molecule has 0 aliphatic carbocycles. The molecule has 0 fully saturated rings. The number of carbonyl (C=O) groups is 2. The maximum absolute atomic E-state index is 11.9. The Kier molecular flexibility index (Phi) is 6.38. The molecule has 0 saturated heterocycles. The van der Waals surface area contributed by atoms with Crippen molar-refractivity contribution in [1.29, 1.82) is 0 Å². The van der Waals surface area contributed by atoms with Crippen LogP contribution in [0.4, 0.5) is 4.79 Å². The van der Waals surface area contributed by atoms with Crippen LogP contribution in [-0.2, 0) is 16.1 Å². The molecule has 0 radical (unpaired) electrons. The summed E-state index contributed by atoms with van der Waals surface area (Å²) in [6, 6.07) is 1.21. The first-order chi connectivity index (χ1) is 9.52. The molecule has 8 nitrogen and oxygen atoms in total. The van der Waals surface area contributed by atoms with E-state index in [2.05, 4.69) is 15.3 Å². The third-order valence-electron chi connectivity index (χ3n) is 2.43. The van der Waals surface area contributed by atoms with Crippen molar-refractivity contribution in [2.75, 3.05) is 26.8 Å². The third kappa shape index (κ3) is 5.61. The van der Waals surface area contributed by atoms with Gasteiger partial charge in [0, 0.05) is 19.9 Å². The number of rotatable bonds is 7. The van der Waals surface area contributed by atoms with E-state index in [-0.39, 0.29) is 26.2 Å². The maximum Gasteiger partial charge on any atom is 0.323 e. The summed E-state index contributed by atoms with van der Waals surface area (Å²) in [7, 11) is 1.49. The maximum atomic E-state index is 11.9. The smallest absolute Gasteiger partial charge is 0.323 e. The highest BCUT2D eigenvalue weighted by Crippen LogP contribution is 1.96. The molecule has 1 rings (SSSR count). The predicted molar refractivity (Wildman–Crippen MR) is 70.1 cm³/mol. The Labute approximate surface area is 116 Å². The molecule has 0 aliphatic rings. The normalized spacial score (nSPS) is 10.1. The summed E-state index contributed by atoms with van der Waals surface area (Å²) < 4.78 is 4.85. The quantitative estimate of drug-likeness (QED) is 0.731. The Morgan fingerprint density at radius 2 is 2.25 bits per heavy atom. The van der Waals surface area contributed by atoms with Gasteiger partial charge in [-0.15, -0.1) is 0 Å². The van der Waals surface area contributed by atoms with Gasteiger partial charge in [-0.2, -0.15) is 0 Å². The van der Waals surface area contributed by atoms with Crippen LogP contribution in [0.15, 0.2) is 12.3 Å². The van der Waals surface area contributed by atoms with E-state index in [4.69, 9.17) is 9.84 Å². The summed E-state index contributed by atoms with van der Waals surface area (Å²) in [5, 5.41) is 11.4. The summed E-state index contributed by atoms with van der Waals surface area (Å²) >= 11 is 0. The monoisotopic (exact) mass is 282 g/mol. The zero-order valence-electron chi connectivity index (χ0n) is 11.5.